The summed E-state index contributed by atoms with van der Waals surface area (Å²) >= 11 is 0. The Hall–Kier alpha value is -3.09. The summed E-state index contributed by atoms with van der Waals surface area (Å²) in [5.41, 5.74) is 2.28. The lowest BCUT2D eigenvalue weighted by Gasteiger charge is -2.23. The first kappa shape index (κ1) is 18.7. The van der Waals surface area contributed by atoms with Gasteiger partial charge in [-0.25, -0.2) is 9.78 Å². The van der Waals surface area contributed by atoms with Crippen molar-refractivity contribution in [1.82, 2.24) is 14.8 Å². The highest BCUT2D eigenvalue weighted by Crippen LogP contribution is 2.20. The number of carbonyl (C=O) groups is 2. The highest BCUT2D eigenvalue weighted by atomic mass is 16.5. The Morgan fingerprint density at radius 3 is 2.63 bits per heavy atom. The Kier molecular flexibility index (Phi) is 5.90. The van der Waals surface area contributed by atoms with Crippen LogP contribution in [0, 0.1) is 6.92 Å². The third kappa shape index (κ3) is 4.55. The van der Waals surface area contributed by atoms with Gasteiger partial charge in [0.15, 0.2) is 0 Å². The van der Waals surface area contributed by atoms with E-state index in [2.05, 4.69) is 10.3 Å². The van der Waals surface area contributed by atoms with E-state index in [1.807, 2.05) is 36.1 Å². The van der Waals surface area contributed by atoms with Crippen molar-refractivity contribution in [3.63, 3.8) is 0 Å². The molecule has 2 aromatic rings. The van der Waals surface area contributed by atoms with Crippen molar-refractivity contribution in [2.75, 3.05) is 38.6 Å². The van der Waals surface area contributed by atoms with Crippen LogP contribution in [0.4, 0.5) is 10.5 Å². The van der Waals surface area contributed by atoms with Gasteiger partial charge in [-0.15, -0.1) is 0 Å². The van der Waals surface area contributed by atoms with E-state index in [4.69, 9.17) is 4.74 Å². The highest BCUT2D eigenvalue weighted by molar-refractivity contribution is 5.94. The lowest BCUT2D eigenvalue weighted by molar-refractivity contribution is 0.0762. The molecule has 27 heavy (non-hydrogen) atoms. The molecule has 0 spiro atoms. The van der Waals surface area contributed by atoms with Gasteiger partial charge in [0.1, 0.15) is 5.69 Å². The molecule has 1 saturated heterocycles. The van der Waals surface area contributed by atoms with Crippen LogP contribution in [0.2, 0.25) is 0 Å². The minimum Gasteiger partial charge on any atom is -0.480 e. The van der Waals surface area contributed by atoms with Crippen molar-refractivity contribution in [2.45, 2.75) is 13.3 Å². The number of ether oxygens (including phenoxy) is 1. The van der Waals surface area contributed by atoms with Crippen LogP contribution < -0.4 is 10.1 Å². The molecule has 0 bridgehead atoms. The summed E-state index contributed by atoms with van der Waals surface area (Å²) in [6, 6.07) is 10.9. The maximum absolute atomic E-state index is 12.7. The second kappa shape index (κ2) is 8.53. The molecule has 3 amide bonds. The van der Waals surface area contributed by atoms with Crippen molar-refractivity contribution in [3.05, 3.63) is 53.7 Å². The van der Waals surface area contributed by atoms with Crippen LogP contribution >= 0.6 is 0 Å². The molecule has 0 unspecified atom stereocenters. The molecule has 1 aromatic heterocycles. The number of aryl methyl sites for hydroxylation is 1. The first-order chi connectivity index (χ1) is 13.1. The molecule has 0 atom stereocenters. The predicted molar refractivity (Wildman–Crippen MR) is 103 cm³/mol. The van der Waals surface area contributed by atoms with E-state index in [-0.39, 0.29) is 11.9 Å². The van der Waals surface area contributed by atoms with Gasteiger partial charge in [0.05, 0.1) is 7.11 Å². The van der Waals surface area contributed by atoms with Crippen LogP contribution in [0.3, 0.4) is 0 Å². The van der Waals surface area contributed by atoms with Crippen molar-refractivity contribution in [3.8, 4) is 5.88 Å². The topological polar surface area (TPSA) is 74.8 Å². The summed E-state index contributed by atoms with van der Waals surface area (Å²) in [4.78, 5) is 33.0. The fourth-order valence-electron chi connectivity index (χ4n) is 3.13. The van der Waals surface area contributed by atoms with Crippen LogP contribution in [0.15, 0.2) is 42.6 Å². The summed E-state index contributed by atoms with van der Waals surface area (Å²) < 4.78 is 5.17. The average Bonchev–Trinajstić information content (AvgIpc) is 2.94. The smallest absolute Gasteiger partial charge is 0.322 e. The van der Waals surface area contributed by atoms with Crippen LogP contribution in [-0.4, -0.2) is 60.0 Å². The zero-order chi connectivity index (χ0) is 19.2. The molecule has 2 heterocycles. The number of benzene rings is 1. The Morgan fingerprint density at radius 2 is 1.85 bits per heavy atom. The lowest BCUT2D eigenvalue weighted by Crippen LogP contribution is -2.39. The van der Waals surface area contributed by atoms with E-state index in [9.17, 15) is 9.59 Å². The average molecular weight is 368 g/mol. The van der Waals surface area contributed by atoms with Crippen molar-refractivity contribution >= 4 is 17.6 Å². The molecule has 1 N–H and O–H groups in total. The molecule has 1 aromatic carbocycles. The number of amides is 3. The Balaban J connectivity index is 1.62. The van der Waals surface area contributed by atoms with Gasteiger partial charge in [0.2, 0.25) is 5.88 Å². The molecular formula is C20H24N4O3. The third-order valence-electron chi connectivity index (χ3n) is 4.54. The van der Waals surface area contributed by atoms with E-state index in [1.165, 1.54) is 7.11 Å². The summed E-state index contributed by atoms with van der Waals surface area (Å²) in [6.07, 6.45) is 2.34. The molecule has 7 heteroatoms. The molecule has 7 nitrogen and oxygen atoms in total. The minimum atomic E-state index is -0.217. The molecule has 0 radical (unpaired) electrons. The number of nitrogens with one attached hydrogen (secondary N) is 1. The first-order valence-electron chi connectivity index (χ1n) is 8.99. The Bertz CT molecular complexity index is 824. The molecule has 1 aliphatic heterocycles. The first-order valence-corrected chi connectivity index (χ1v) is 8.99. The number of rotatable bonds is 3. The summed E-state index contributed by atoms with van der Waals surface area (Å²) in [5.74, 6) is 0.381. The van der Waals surface area contributed by atoms with Gasteiger partial charge in [0.25, 0.3) is 5.91 Å². The number of methoxy groups -OCH3 is 1. The van der Waals surface area contributed by atoms with Crippen LogP contribution in [-0.2, 0) is 0 Å². The normalized spacial score (nSPS) is 14.4. The van der Waals surface area contributed by atoms with Gasteiger partial charge in [-0.2, -0.15) is 0 Å². The van der Waals surface area contributed by atoms with Crippen molar-refractivity contribution in [2.24, 2.45) is 0 Å². The van der Waals surface area contributed by atoms with Gasteiger partial charge >= 0.3 is 6.03 Å². The Labute approximate surface area is 158 Å². The molecule has 1 fully saturated rings. The maximum Gasteiger partial charge on any atom is 0.322 e. The third-order valence-corrected chi connectivity index (χ3v) is 4.54. The second-order valence-corrected chi connectivity index (χ2v) is 6.49. The number of aromatic nitrogens is 1. The maximum atomic E-state index is 12.7. The zero-order valence-electron chi connectivity index (χ0n) is 15.6. The van der Waals surface area contributed by atoms with E-state index in [0.29, 0.717) is 43.3 Å². The van der Waals surface area contributed by atoms with E-state index < -0.39 is 0 Å². The van der Waals surface area contributed by atoms with E-state index in [0.717, 1.165) is 12.0 Å². The number of carbonyl (C=O) groups excluding carboxylic acids is 2. The monoisotopic (exact) mass is 368 g/mol. The number of urea groups is 1. The van der Waals surface area contributed by atoms with Crippen LogP contribution in [0.5, 0.6) is 5.88 Å². The van der Waals surface area contributed by atoms with Crippen LogP contribution in [0.25, 0.3) is 0 Å². The van der Waals surface area contributed by atoms with E-state index >= 15 is 0 Å². The number of pyridine rings is 1. The van der Waals surface area contributed by atoms with Gasteiger partial charge in [-0.05, 0) is 37.6 Å². The standard InChI is InChI=1S/C20H24N4O3/c1-15-6-3-7-16(14-15)19(25)23-10-5-11-24(13-12-23)20(26)22-17-8-4-9-21-18(17)27-2/h3-4,6-9,14H,5,10-13H2,1-2H3,(H,22,26). The number of nitrogens with zero attached hydrogens (tertiary/aromatic N) is 3. The fraction of sp³-hybridized carbons (Fsp3) is 0.350. The van der Waals surface area contributed by atoms with Gasteiger partial charge in [-0.3, -0.25) is 4.79 Å². The predicted octanol–water partition coefficient (Wildman–Crippen LogP) is 2.78. The van der Waals surface area contributed by atoms with Gasteiger partial charge in [0, 0.05) is 37.9 Å². The quantitative estimate of drug-likeness (QED) is 0.904. The second-order valence-electron chi connectivity index (χ2n) is 6.49. The van der Waals surface area contributed by atoms with Crippen LogP contribution in [0.1, 0.15) is 22.3 Å². The lowest BCUT2D eigenvalue weighted by atomic mass is 10.1. The Morgan fingerprint density at radius 1 is 1.07 bits per heavy atom. The fourth-order valence-corrected chi connectivity index (χ4v) is 3.13. The molecule has 3 rings (SSSR count). The van der Waals surface area contributed by atoms with Crippen molar-refractivity contribution < 1.29 is 14.3 Å². The molecular weight excluding hydrogens is 344 g/mol. The van der Waals surface area contributed by atoms with Gasteiger partial charge < -0.3 is 19.9 Å². The molecule has 0 aliphatic carbocycles. The summed E-state index contributed by atoms with van der Waals surface area (Å²) in [6.45, 7) is 4.17. The summed E-state index contributed by atoms with van der Waals surface area (Å²) in [7, 11) is 1.51. The van der Waals surface area contributed by atoms with E-state index in [1.54, 1.807) is 23.2 Å². The largest absolute Gasteiger partial charge is 0.480 e. The SMILES string of the molecule is COc1ncccc1NC(=O)N1CCCN(C(=O)c2cccc(C)c2)CC1. The number of hydrogen-bond donors (Lipinski definition) is 1. The van der Waals surface area contributed by atoms with Crippen molar-refractivity contribution in [1.29, 1.82) is 0 Å². The molecule has 1 aliphatic rings. The summed E-state index contributed by atoms with van der Waals surface area (Å²) in [5, 5.41) is 2.84. The molecule has 142 valence electrons. The van der Waals surface area contributed by atoms with Gasteiger partial charge in [-0.1, -0.05) is 17.7 Å². The number of hydrogen-bond acceptors (Lipinski definition) is 4. The number of anilines is 1. The minimum absolute atomic E-state index is 0.00915. The zero-order valence-corrected chi connectivity index (χ0v) is 15.6. The highest BCUT2D eigenvalue weighted by Gasteiger charge is 2.23. The molecule has 0 saturated carbocycles.